The average Bonchev–Trinajstić information content (AvgIpc) is 2.21. The number of nitrogen functional groups attached to an aromatic ring is 1. The number of aromatic nitrogens is 3. The summed E-state index contributed by atoms with van der Waals surface area (Å²) in [5.41, 5.74) is 7.93. The maximum absolute atomic E-state index is 5.49. The van der Waals surface area contributed by atoms with Gasteiger partial charge >= 0.3 is 0 Å². The van der Waals surface area contributed by atoms with Crippen molar-refractivity contribution in [2.45, 2.75) is 6.92 Å². The van der Waals surface area contributed by atoms with Crippen LogP contribution < -0.4 is 5.73 Å². The van der Waals surface area contributed by atoms with Crippen LogP contribution in [0.5, 0.6) is 0 Å². The van der Waals surface area contributed by atoms with Crippen LogP contribution in [0.4, 0.5) is 5.69 Å². The summed E-state index contributed by atoms with van der Waals surface area (Å²) >= 11 is 0. The molecule has 4 heteroatoms. The van der Waals surface area contributed by atoms with Crippen LogP contribution in [0.3, 0.4) is 0 Å². The molecule has 2 aromatic rings. The minimum absolute atomic E-state index is 0.564. The van der Waals surface area contributed by atoms with Crippen LogP contribution in [0.15, 0.2) is 30.7 Å². The van der Waals surface area contributed by atoms with Gasteiger partial charge in [-0.25, -0.2) is 9.97 Å². The molecule has 0 radical (unpaired) electrons. The third-order valence-corrected chi connectivity index (χ3v) is 1.84. The first-order valence-electron chi connectivity index (χ1n) is 4.26. The number of pyridine rings is 1. The monoisotopic (exact) mass is 186 g/mol. The van der Waals surface area contributed by atoms with E-state index in [2.05, 4.69) is 15.0 Å². The number of hydrogen-bond donors (Lipinski definition) is 1. The zero-order valence-electron chi connectivity index (χ0n) is 7.81. The Morgan fingerprint density at radius 3 is 2.29 bits per heavy atom. The van der Waals surface area contributed by atoms with Gasteiger partial charge in [-0.1, -0.05) is 0 Å². The first-order valence-corrected chi connectivity index (χ1v) is 4.26. The first-order chi connectivity index (χ1) is 6.75. The van der Waals surface area contributed by atoms with Gasteiger partial charge in [0.05, 0.1) is 18.1 Å². The van der Waals surface area contributed by atoms with Gasteiger partial charge in [-0.15, -0.1) is 0 Å². The molecular weight excluding hydrogens is 176 g/mol. The summed E-state index contributed by atoms with van der Waals surface area (Å²) < 4.78 is 0. The number of rotatable bonds is 1. The summed E-state index contributed by atoms with van der Waals surface area (Å²) in [4.78, 5) is 12.4. The highest BCUT2D eigenvalue weighted by molar-refractivity contribution is 5.54. The quantitative estimate of drug-likeness (QED) is 0.731. The van der Waals surface area contributed by atoms with E-state index in [4.69, 9.17) is 5.73 Å². The number of hydrogen-bond acceptors (Lipinski definition) is 4. The molecule has 2 N–H and O–H groups in total. The van der Waals surface area contributed by atoms with Crippen LogP contribution in [-0.2, 0) is 0 Å². The fraction of sp³-hybridized carbons (Fsp3) is 0.100. The van der Waals surface area contributed by atoms with Crippen molar-refractivity contribution in [2.75, 3.05) is 5.73 Å². The van der Waals surface area contributed by atoms with Crippen LogP contribution >= 0.6 is 0 Å². The molecule has 2 aromatic heterocycles. The molecule has 0 saturated carbocycles. The molecule has 2 rings (SSSR count). The number of nitrogens with zero attached hydrogens (tertiary/aromatic N) is 3. The van der Waals surface area contributed by atoms with Crippen molar-refractivity contribution in [3.63, 3.8) is 0 Å². The van der Waals surface area contributed by atoms with E-state index < -0.39 is 0 Å². The molecule has 0 aliphatic carbocycles. The van der Waals surface area contributed by atoms with Gasteiger partial charge in [0.1, 0.15) is 0 Å². The SMILES string of the molecule is Cc1ccc(-c2ncc(N)cn2)cn1. The minimum Gasteiger partial charge on any atom is -0.396 e. The number of aryl methyl sites for hydroxylation is 1. The van der Waals surface area contributed by atoms with Crippen molar-refractivity contribution < 1.29 is 0 Å². The van der Waals surface area contributed by atoms with E-state index >= 15 is 0 Å². The third-order valence-electron chi connectivity index (χ3n) is 1.84. The Balaban J connectivity index is 2.40. The molecule has 4 nitrogen and oxygen atoms in total. The lowest BCUT2D eigenvalue weighted by Crippen LogP contribution is -1.93. The Morgan fingerprint density at radius 1 is 1.00 bits per heavy atom. The predicted octanol–water partition coefficient (Wildman–Crippen LogP) is 1.43. The molecule has 0 fully saturated rings. The van der Waals surface area contributed by atoms with E-state index in [1.807, 2.05) is 19.1 Å². The Hall–Kier alpha value is -1.97. The van der Waals surface area contributed by atoms with Gasteiger partial charge in [0, 0.05) is 17.5 Å². The summed E-state index contributed by atoms with van der Waals surface area (Å²) in [5.74, 6) is 0.645. The number of nitrogens with two attached hydrogens (primary N) is 1. The van der Waals surface area contributed by atoms with E-state index in [0.29, 0.717) is 11.5 Å². The molecule has 0 aromatic carbocycles. The summed E-state index contributed by atoms with van der Waals surface area (Å²) in [5, 5.41) is 0. The summed E-state index contributed by atoms with van der Waals surface area (Å²) in [7, 11) is 0. The van der Waals surface area contributed by atoms with Crippen LogP contribution in [0.1, 0.15) is 5.69 Å². The van der Waals surface area contributed by atoms with Gasteiger partial charge in [-0.3, -0.25) is 4.98 Å². The maximum atomic E-state index is 5.49. The first kappa shape index (κ1) is 8.62. The second kappa shape index (κ2) is 3.41. The Bertz CT molecular complexity index is 375. The highest BCUT2D eigenvalue weighted by Gasteiger charge is 1.99. The lowest BCUT2D eigenvalue weighted by molar-refractivity contribution is 1.15. The van der Waals surface area contributed by atoms with Crippen molar-refractivity contribution >= 4 is 5.69 Å². The largest absolute Gasteiger partial charge is 0.396 e. The summed E-state index contributed by atoms with van der Waals surface area (Å²) in [6.45, 7) is 1.94. The molecule has 0 aliphatic heterocycles. The van der Waals surface area contributed by atoms with Gasteiger partial charge in [0.15, 0.2) is 5.82 Å². The summed E-state index contributed by atoms with van der Waals surface area (Å²) in [6.07, 6.45) is 4.92. The average molecular weight is 186 g/mol. The van der Waals surface area contributed by atoms with Crippen LogP contribution in [0, 0.1) is 6.92 Å². The molecule has 0 amide bonds. The standard InChI is InChI=1S/C10H10N4/c1-7-2-3-8(4-12-7)10-13-5-9(11)6-14-10/h2-6H,11H2,1H3. The number of anilines is 1. The van der Waals surface area contributed by atoms with Crippen molar-refractivity contribution in [1.29, 1.82) is 0 Å². The van der Waals surface area contributed by atoms with Gasteiger partial charge in [-0.05, 0) is 19.1 Å². The molecule has 14 heavy (non-hydrogen) atoms. The molecular formula is C10H10N4. The highest BCUT2D eigenvalue weighted by atomic mass is 14.9. The molecule has 70 valence electrons. The van der Waals surface area contributed by atoms with Gasteiger partial charge in [0.25, 0.3) is 0 Å². The fourth-order valence-electron chi connectivity index (χ4n) is 1.09. The van der Waals surface area contributed by atoms with Crippen molar-refractivity contribution in [1.82, 2.24) is 15.0 Å². The van der Waals surface area contributed by atoms with E-state index in [-0.39, 0.29) is 0 Å². The fourth-order valence-corrected chi connectivity index (χ4v) is 1.09. The zero-order valence-corrected chi connectivity index (χ0v) is 7.81. The predicted molar refractivity (Wildman–Crippen MR) is 54.4 cm³/mol. The molecule has 0 atom stereocenters. The Kier molecular flexibility index (Phi) is 2.10. The molecule has 0 saturated heterocycles. The molecule has 0 bridgehead atoms. The van der Waals surface area contributed by atoms with E-state index in [0.717, 1.165) is 11.3 Å². The van der Waals surface area contributed by atoms with E-state index in [1.165, 1.54) is 0 Å². The van der Waals surface area contributed by atoms with Gasteiger partial charge in [0.2, 0.25) is 0 Å². The van der Waals surface area contributed by atoms with Crippen LogP contribution in [0.25, 0.3) is 11.4 Å². The topological polar surface area (TPSA) is 64.7 Å². The van der Waals surface area contributed by atoms with Crippen molar-refractivity contribution in [2.24, 2.45) is 0 Å². The minimum atomic E-state index is 0.564. The smallest absolute Gasteiger partial charge is 0.160 e. The van der Waals surface area contributed by atoms with E-state index in [9.17, 15) is 0 Å². The normalized spacial score (nSPS) is 10.1. The molecule has 2 heterocycles. The maximum Gasteiger partial charge on any atom is 0.160 e. The van der Waals surface area contributed by atoms with Gasteiger partial charge < -0.3 is 5.73 Å². The van der Waals surface area contributed by atoms with Crippen LogP contribution in [-0.4, -0.2) is 15.0 Å². The molecule has 0 spiro atoms. The lowest BCUT2D eigenvalue weighted by atomic mass is 10.2. The van der Waals surface area contributed by atoms with Crippen LogP contribution in [0.2, 0.25) is 0 Å². The molecule has 0 unspecified atom stereocenters. The van der Waals surface area contributed by atoms with Crippen molar-refractivity contribution in [3.8, 4) is 11.4 Å². The Labute approximate surface area is 81.9 Å². The Morgan fingerprint density at radius 2 is 1.71 bits per heavy atom. The highest BCUT2D eigenvalue weighted by Crippen LogP contribution is 2.13. The van der Waals surface area contributed by atoms with Crippen molar-refractivity contribution in [3.05, 3.63) is 36.4 Å². The van der Waals surface area contributed by atoms with Gasteiger partial charge in [-0.2, -0.15) is 0 Å². The summed E-state index contributed by atoms with van der Waals surface area (Å²) in [6, 6.07) is 3.86. The van der Waals surface area contributed by atoms with E-state index in [1.54, 1.807) is 18.6 Å². The second-order valence-corrected chi connectivity index (χ2v) is 3.03. The lowest BCUT2D eigenvalue weighted by Gasteiger charge is -1.99. The zero-order chi connectivity index (χ0) is 9.97. The third kappa shape index (κ3) is 1.69. The second-order valence-electron chi connectivity index (χ2n) is 3.03. The molecule has 0 aliphatic rings.